The van der Waals surface area contributed by atoms with Crippen LogP contribution in [0.2, 0.25) is 0 Å². The van der Waals surface area contributed by atoms with Gasteiger partial charge in [0.25, 0.3) is 0 Å². The Labute approximate surface area is 110 Å². The molecule has 1 aliphatic carbocycles. The molecule has 4 heteroatoms. The molecule has 94 valence electrons. The molecule has 0 bridgehead atoms. The number of hydrogen-bond donors (Lipinski definition) is 1. The molecule has 0 radical (unpaired) electrons. The molecular formula is C13H18BrFN2. The van der Waals surface area contributed by atoms with E-state index in [0.29, 0.717) is 17.1 Å². The predicted octanol–water partition coefficient (Wildman–Crippen LogP) is 2.76. The first-order valence-corrected chi connectivity index (χ1v) is 6.75. The van der Waals surface area contributed by atoms with Crippen molar-refractivity contribution in [2.45, 2.75) is 25.4 Å². The quantitative estimate of drug-likeness (QED) is 0.906. The number of halogens is 2. The second-order valence-corrected chi connectivity index (χ2v) is 5.66. The van der Waals surface area contributed by atoms with Crippen LogP contribution < -0.4 is 5.73 Å². The van der Waals surface area contributed by atoms with Crippen LogP contribution in [-0.4, -0.2) is 24.5 Å². The van der Waals surface area contributed by atoms with E-state index < -0.39 is 0 Å². The monoisotopic (exact) mass is 300 g/mol. The zero-order valence-corrected chi connectivity index (χ0v) is 11.6. The van der Waals surface area contributed by atoms with Crippen molar-refractivity contribution in [3.63, 3.8) is 0 Å². The Hall–Kier alpha value is -0.450. The highest BCUT2D eigenvalue weighted by atomic mass is 79.9. The maximum atomic E-state index is 13.1. The molecule has 0 spiro atoms. The van der Waals surface area contributed by atoms with Gasteiger partial charge in [0.05, 0.1) is 4.47 Å². The summed E-state index contributed by atoms with van der Waals surface area (Å²) in [7, 11) is 2.09. The average Bonchev–Trinajstić information content (AvgIpc) is 3.09. The first kappa shape index (κ1) is 13.0. The summed E-state index contributed by atoms with van der Waals surface area (Å²) < 4.78 is 13.6. The number of hydrogen-bond acceptors (Lipinski definition) is 2. The van der Waals surface area contributed by atoms with Crippen LogP contribution in [0, 0.1) is 11.7 Å². The second-order valence-electron chi connectivity index (χ2n) is 4.80. The highest BCUT2D eigenvalue weighted by molar-refractivity contribution is 9.10. The van der Waals surface area contributed by atoms with E-state index in [2.05, 4.69) is 27.9 Å². The van der Waals surface area contributed by atoms with E-state index in [4.69, 9.17) is 5.73 Å². The zero-order valence-electron chi connectivity index (χ0n) is 10.00. The molecule has 1 aromatic carbocycles. The van der Waals surface area contributed by atoms with Gasteiger partial charge in [-0.3, -0.25) is 4.90 Å². The molecule has 0 aliphatic heterocycles. The number of rotatable bonds is 5. The first-order valence-electron chi connectivity index (χ1n) is 5.96. The van der Waals surface area contributed by atoms with Gasteiger partial charge in [-0.25, -0.2) is 4.39 Å². The number of benzene rings is 1. The molecule has 2 nitrogen and oxygen atoms in total. The van der Waals surface area contributed by atoms with Gasteiger partial charge < -0.3 is 5.73 Å². The van der Waals surface area contributed by atoms with Crippen LogP contribution in [0.5, 0.6) is 0 Å². The third-order valence-electron chi connectivity index (χ3n) is 3.39. The Morgan fingerprint density at radius 2 is 2.24 bits per heavy atom. The van der Waals surface area contributed by atoms with Crippen molar-refractivity contribution in [2.75, 3.05) is 13.6 Å². The SMILES string of the molecule is CN(Cc1ccc(F)c(Br)c1)C(CN)C1CC1. The minimum absolute atomic E-state index is 0.214. The van der Waals surface area contributed by atoms with Crippen LogP contribution in [0.25, 0.3) is 0 Å². The molecule has 0 saturated heterocycles. The van der Waals surface area contributed by atoms with Gasteiger partial charge >= 0.3 is 0 Å². The summed E-state index contributed by atoms with van der Waals surface area (Å²) in [6.45, 7) is 1.51. The van der Waals surface area contributed by atoms with Crippen molar-refractivity contribution in [1.82, 2.24) is 4.90 Å². The first-order chi connectivity index (χ1) is 8.11. The van der Waals surface area contributed by atoms with Crippen LogP contribution in [0.15, 0.2) is 22.7 Å². The topological polar surface area (TPSA) is 29.3 Å². The maximum absolute atomic E-state index is 13.1. The molecule has 1 atom stereocenters. The predicted molar refractivity (Wildman–Crippen MR) is 71.1 cm³/mol. The van der Waals surface area contributed by atoms with Gasteiger partial charge in [0.15, 0.2) is 0 Å². The van der Waals surface area contributed by atoms with E-state index in [1.807, 2.05) is 12.1 Å². The van der Waals surface area contributed by atoms with Gasteiger partial charge in [0.2, 0.25) is 0 Å². The lowest BCUT2D eigenvalue weighted by atomic mass is 10.1. The normalized spacial score (nSPS) is 17.5. The van der Waals surface area contributed by atoms with Gasteiger partial charge in [0.1, 0.15) is 5.82 Å². The lowest BCUT2D eigenvalue weighted by molar-refractivity contribution is 0.215. The third-order valence-corrected chi connectivity index (χ3v) is 4.00. The summed E-state index contributed by atoms with van der Waals surface area (Å²) in [4.78, 5) is 2.28. The van der Waals surface area contributed by atoms with E-state index >= 15 is 0 Å². The number of nitrogens with two attached hydrogens (primary N) is 1. The zero-order chi connectivity index (χ0) is 12.4. The smallest absolute Gasteiger partial charge is 0.137 e. The van der Waals surface area contributed by atoms with Gasteiger partial charge in [-0.1, -0.05) is 6.07 Å². The van der Waals surface area contributed by atoms with Crippen molar-refractivity contribution in [3.05, 3.63) is 34.1 Å². The van der Waals surface area contributed by atoms with Crippen LogP contribution >= 0.6 is 15.9 Å². The lowest BCUT2D eigenvalue weighted by Crippen LogP contribution is -2.39. The molecule has 17 heavy (non-hydrogen) atoms. The molecule has 1 aromatic rings. The Bertz CT molecular complexity index is 393. The molecule has 2 N–H and O–H groups in total. The van der Waals surface area contributed by atoms with Crippen LogP contribution in [0.3, 0.4) is 0 Å². The molecule has 0 amide bonds. The van der Waals surface area contributed by atoms with Crippen molar-refractivity contribution < 1.29 is 4.39 Å². The van der Waals surface area contributed by atoms with Crippen molar-refractivity contribution in [3.8, 4) is 0 Å². The minimum atomic E-state index is -0.214. The Balaban J connectivity index is 2.01. The van der Waals surface area contributed by atoms with E-state index in [-0.39, 0.29) is 5.82 Å². The van der Waals surface area contributed by atoms with Gasteiger partial charge in [-0.15, -0.1) is 0 Å². The minimum Gasteiger partial charge on any atom is -0.329 e. The lowest BCUT2D eigenvalue weighted by Gasteiger charge is -2.27. The summed E-state index contributed by atoms with van der Waals surface area (Å²) in [5, 5.41) is 0. The van der Waals surface area contributed by atoms with E-state index in [0.717, 1.165) is 18.0 Å². The highest BCUT2D eigenvalue weighted by Crippen LogP contribution is 2.35. The fourth-order valence-electron chi connectivity index (χ4n) is 2.26. The average molecular weight is 301 g/mol. The summed E-state index contributed by atoms with van der Waals surface area (Å²) in [6.07, 6.45) is 2.58. The van der Waals surface area contributed by atoms with Gasteiger partial charge in [0, 0.05) is 19.1 Å². The fraction of sp³-hybridized carbons (Fsp3) is 0.538. The number of likely N-dealkylation sites (N-methyl/N-ethyl adjacent to an activating group) is 1. The van der Waals surface area contributed by atoms with E-state index in [1.165, 1.54) is 18.9 Å². The fourth-order valence-corrected chi connectivity index (χ4v) is 2.68. The largest absolute Gasteiger partial charge is 0.329 e. The van der Waals surface area contributed by atoms with Crippen molar-refractivity contribution in [1.29, 1.82) is 0 Å². The third kappa shape index (κ3) is 3.27. The second kappa shape index (κ2) is 5.46. The van der Waals surface area contributed by atoms with Crippen LogP contribution in [0.1, 0.15) is 18.4 Å². The van der Waals surface area contributed by atoms with Crippen LogP contribution in [0.4, 0.5) is 4.39 Å². The van der Waals surface area contributed by atoms with Crippen molar-refractivity contribution >= 4 is 15.9 Å². The standard InChI is InChI=1S/C13H18BrFN2/c1-17(13(7-16)10-3-4-10)8-9-2-5-12(15)11(14)6-9/h2,5-6,10,13H,3-4,7-8,16H2,1H3. The van der Waals surface area contributed by atoms with E-state index in [9.17, 15) is 4.39 Å². The van der Waals surface area contributed by atoms with Crippen LogP contribution in [-0.2, 0) is 6.54 Å². The van der Waals surface area contributed by atoms with E-state index in [1.54, 1.807) is 0 Å². The molecular weight excluding hydrogens is 283 g/mol. The van der Waals surface area contributed by atoms with Crippen molar-refractivity contribution in [2.24, 2.45) is 11.7 Å². The Morgan fingerprint density at radius 3 is 2.76 bits per heavy atom. The molecule has 0 aromatic heterocycles. The molecule has 1 saturated carbocycles. The molecule has 0 heterocycles. The van der Waals surface area contributed by atoms with Gasteiger partial charge in [-0.2, -0.15) is 0 Å². The molecule has 2 rings (SSSR count). The number of nitrogens with zero attached hydrogens (tertiary/aromatic N) is 1. The molecule has 1 fully saturated rings. The summed E-state index contributed by atoms with van der Waals surface area (Å²) in [5.74, 6) is 0.544. The maximum Gasteiger partial charge on any atom is 0.137 e. The summed E-state index contributed by atoms with van der Waals surface area (Å²) >= 11 is 3.21. The summed E-state index contributed by atoms with van der Waals surface area (Å²) in [5.41, 5.74) is 6.92. The Morgan fingerprint density at radius 1 is 1.53 bits per heavy atom. The Kier molecular flexibility index (Phi) is 4.17. The van der Waals surface area contributed by atoms with Gasteiger partial charge in [-0.05, 0) is 59.4 Å². The summed E-state index contributed by atoms with van der Waals surface area (Å²) in [6, 6.07) is 5.63. The molecule has 1 unspecified atom stereocenters. The molecule has 1 aliphatic rings. The highest BCUT2D eigenvalue weighted by Gasteiger charge is 2.32.